The maximum atomic E-state index is 11.9. The molecular formula is C17H25N3O. The lowest BCUT2D eigenvalue weighted by Gasteiger charge is -2.21. The van der Waals surface area contributed by atoms with Gasteiger partial charge in [-0.25, -0.2) is 0 Å². The maximum absolute atomic E-state index is 11.9. The van der Waals surface area contributed by atoms with Gasteiger partial charge in [0.05, 0.1) is 0 Å². The van der Waals surface area contributed by atoms with Gasteiger partial charge in [-0.15, -0.1) is 0 Å². The molecule has 2 aliphatic rings. The van der Waals surface area contributed by atoms with Crippen LogP contribution in [0.25, 0.3) is 0 Å². The molecule has 2 saturated heterocycles. The Morgan fingerprint density at radius 3 is 2.29 bits per heavy atom. The van der Waals surface area contributed by atoms with E-state index in [1.165, 1.54) is 44.3 Å². The van der Waals surface area contributed by atoms with E-state index < -0.39 is 0 Å². The van der Waals surface area contributed by atoms with Crippen molar-refractivity contribution in [2.75, 3.05) is 24.5 Å². The van der Waals surface area contributed by atoms with Crippen molar-refractivity contribution in [2.24, 2.45) is 5.73 Å². The summed E-state index contributed by atoms with van der Waals surface area (Å²) in [5.41, 5.74) is 8.16. The van der Waals surface area contributed by atoms with E-state index in [0.717, 1.165) is 12.2 Å². The number of amides is 1. The smallest absolute Gasteiger partial charge is 0.228 e. The number of carbonyl (C=O) groups excluding carboxylic acids is 1. The summed E-state index contributed by atoms with van der Waals surface area (Å²) in [6.45, 7) is 4.08. The van der Waals surface area contributed by atoms with E-state index >= 15 is 0 Å². The largest absolute Gasteiger partial charge is 0.326 e. The molecule has 2 aliphatic heterocycles. The van der Waals surface area contributed by atoms with E-state index in [1.807, 2.05) is 0 Å². The fourth-order valence-corrected chi connectivity index (χ4v) is 3.32. The minimum atomic E-state index is -0.0192. The summed E-state index contributed by atoms with van der Waals surface area (Å²) in [5, 5.41) is 0. The predicted octanol–water partition coefficient (Wildman–Crippen LogP) is 2.13. The van der Waals surface area contributed by atoms with Crippen LogP contribution in [0.1, 0.15) is 37.7 Å². The molecular weight excluding hydrogens is 262 g/mol. The van der Waals surface area contributed by atoms with E-state index in [2.05, 4.69) is 29.2 Å². The number of hydrogen-bond acceptors (Lipinski definition) is 3. The molecule has 21 heavy (non-hydrogen) atoms. The van der Waals surface area contributed by atoms with Gasteiger partial charge in [0, 0.05) is 31.2 Å². The number of rotatable bonds is 3. The van der Waals surface area contributed by atoms with Crippen molar-refractivity contribution >= 4 is 11.6 Å². The third kappa shape index (κ3) is 3.63. The number of likely N-dealkylation sites (tertiary alicyclic amines) is 1. The molecule has 0 aromatic heterocycles. The third-order valence-corrected chi connectivity index (χ3v) is 4.51. The van der Waals surface area contributed by atoms with Gasteiger partial charge in [0.15, 0.2) is 0 Å². The third-order valence-electron chi connectivity index (χ3n) is 4.51. The quantitative estimate of drug-likeness (QED) is 0.926. The number of benzene rings is 1. The molecule has 0 saturated carbocycles. The number of anilines is 1. The number of hydrogen-bond donors (Lipinski definition) is 1. The lowest BCUT2D eigenvalue weighted by atomic mass is 10.2. The minimum absolute atomic E-state index is 0.0192. The molecule has 4 nitrogen and oxygen atoms in total. The van der Waals surface area contributed by atoms with E-state index in [0.29, 0.717) is 13.0 Å². The average molecular weight is 287 g/mol. The van der Waals surface area contributed by atoms with Crippen molar-refractivity contribution in [1.29, 1.82) is 0 Å². The van der Waals surface area contributed by atoms with Crippen LogP contribution in [0, 0.1) is 0 Å². The van der Waals surface area contributed by atoms with Crippen LogP contribution >= 0.6 is 0 Å². The first-order valence-corrected chi connectivity index (χ1v) is 8.09. The van der Waals surface area contributed by atoms with Crippen molar-refractivity contribution in [3.8, 4) is 0 Å². The summed E-state index contributed by atoms with van der Waals surface area (Å²) in [7, 11) is 0. The molecule has 1 amide bonds. The summed E-state index contributed by atoms with van der Waals surface area (Å²) >= 11 is 0. The second-order valence-corrected chi connectivity index (χ2v) is 6.33. The van der Waals surface area contributed by atoms with E-state index in [-0.39, 0.29) is 11.9 Å². The van der Waals surface area contributed by atoms with Gasteiger partial charge in [-0.3, -0.25) is 9.69 Å². The van der Waals surface area contributed by atoms with Crippen LogP contribution in [0.2, 0.25) is 0 Å². The van der Waals surface area contributed by atoms with Crippen molar-refractivity contribution < 1.29 is 4.79 Å². The summed E-state index contributed by atoms with van der Waals surface area (Å²) in [6, 6.07) is 8.40. The first kappa shape index (κ1) is 14.5. The van der Waals surface area contributed by atoms with Crippen molar-refractivity contribution in [3.05, 3.63) is 29.8 Å². The van der Waals surface area contributed by atoms with Crippen molar-refractivity contribution in [3.63, 3.8) is 0 Å². The van der Waals surface area contributed by atoms with Crippen LogP contribution in [0.4, 0.5) is 5.69 Å². The number of nitrogens with two attached hydrogens (primary N) is 1. The molecule has 2 heterocycles. The van der Waals surface area contributed by atoms with E-state index in [4.69, 9.17) is 5.73 Å². The van der Waals surface area contributed by atoms with Crippen LogP contribution < -0.4 is 10.6 Å². The fraction of sp³-hybridized carbons (Fsp3) is 0.588. The zero-order valence-electron chi connectivity index (χ0n) is 12.6. The van der Waals surface area contributed by atoms with Crippen LogP contribution in [-0.2, 0) is 11.3 Å². The highest BCUT2D eigenvalue weighted by atomic mass is 16.2. The minimum Gasteiger partial charge on any atom is -0.326 e. The van der Waals surface area contributed by atoms with Gasteiger partial charge in [0.1, 0.15) is 0 Å². The first-order chi connectivity index (χ1) is 10.2. The second-order valence-electron chi connectivity index (χ2n) is 6.33. The number of nitrogens with zero attached hydrogens (tertiary/aromatic N) is 2. The standard InChI is InChI=1S/C17H25N3O/c18-15-11-17(21)20(13-15)16-7-5-14(6-8-16)12-19-9-3-1-2-4-10-19/h5-8,15H,1-4,9-13,18H2. The summed E-state index contributed by atoms with van der Waals surface area (Å²) in [4.78, 5) is 16.2. The van der Waals surface area contributed by atoms with Gasteiger partial charge in [-0.05, 0) is 43.6 Å². The Morgan fingerprint density at radius 1 is 1.05 bits per heavy atom. The Morgan fingerprint density at radius 2 is 1.71 bits per heavy atom. The summed E-state index contributed by atoms with van der Waals surface area (Å²) < 4.78 is 0. The van der Waals surface area contributed by atoms with Crippen molar-refractivity contribution in [1.82, 2.24) is 4.90 Å². The van der Waals surface area contributed by atoms with Crippen LogP contribution in [-0.4, -0.2) is 36.5 Å². The average Bonchev–Trinajstić information content (AvgIpc) is 2.67. The molecule has 3 rings (SSSR count). The van der Waals surface area contributed by atoms with E-state index in [1.54, 1.807) is 4.90 Å². The molecule has 0 spiro atoms. The Balaban J connectivity index is 1.62. The second kappa shape index (κ2) is 6.58. The van der Waals surface area contributed by atoms with Crippen molar-refractivity contribution in [2.45, 2.75) is 44.7 Å². The van der Waals surface area contributed by atoms with Crippen LogP contribution in [0.5, 0.6) is 0 Å². The van der Waals surface area contributed by atoms with Crippen LogP contribution in [0.3, 0.4) is 0 Å². The highest BCUT2D eigenvalue weighted by molar-refractivity contribution is 5.96. The lowest BCUT2D eigenvalue weighted by Crippen LogP contribution is -2.28. The van der Waals surface area contributed by atoms with Gasteiger partial charge in [0.2, 0.25) is 5.91 Å². The Kier molecular flexibility index (Phi) is 4.56. The monoisotopic (exact) mass is 287 g/mol. The fourth-order valence-electron chi connectivity index (χ4n) is 3.32. The van der Waals surface area contributed by atoms with Gasteiger partial charge in [-0.2, -0.15) is 0 Å². The molecule has 1 unspecified atom stereocenters. The molecule has 0 radical (unpaired) electrons. The molecule has 0 aliphatic carbocycles. The normalized spacial score (nSPS) is 24.3. The molecule has 0 bridgehead atoms. The Labute approximate surface area is 126 Å². The predicted molar refractivity (Wildman–Crippen MR) is 85.1 cm³/mol. The lowest BCUT2D eigenvalue weighted by molar-refractivity contribution is -0.117. The molecule has 2 fully saturated rings. The van der Waals surface area contributed by atoms with Gasteiger partial charge >= 0.3 is 0 Å². The first-order valence-electron chi connectivity index (χ1n) is 8.09. The molecule has 1 aromatic carbocycles. The SMILES string of the molecule is NC1CC(=O)N(c2ccc(CN3CCCCCC3)cc2)C1. The van der Waals surface area contributed by atoms with E-state index in [9.17, 15) is 4.79 Å². The molecule has 1 atom stereocenters. The highest BCUT2D eigenvalue weighted by Crippen LogP contribution is 2.22. The van der Waals surface area contributed by atoms with Gasteiger partial charge in [0.25, 0.3) is 0 Å². The zero-order valence-corrected chi connectivity index (χ0v) is 12.6. The molecule has 1 aromatic rings. The molecule has 114 valence electrons. The maximum Gasteiger partial charge on any atom is 0.228 e. The zero-order chi connectivity index (χ0) is 14.7. The summed E-state index contributed by atoms with van der Waals surface area (Å²) in [5.74, 6) is 0.141. The van der Waals surface area contributed by atoms with Crippen LogP contribution in [0.15, 0.2) is 24.3 Å². The Bertz CT molecular complexity index is 477. The molecule has 2 N–H and O–H groups in total. The van der Waals surface area contributed by atoms with Gasteiger partial charge in [-0.1, -0.05) is 25.0 Å². The van der Waals surface area contributed by atoms with Gasteiger partial charge < -0.3 is 10.6 Å². The molecule has 4 heteroatoms. The number of carbonyl (C=O) groups is 1. The Hall–Kier alpha value is -1.39. The topological polar surface area (TPSA) is 49.6 Å². The summed E-state index contributed by atoms with van der Waals surface area (Å²) in [6.07, 6.45) is 5.84. The highest BCUT2D eigenvalue weighted by Gasteiger charge is 2.27.